The minimum absolute atomic E-state index is 0.222. The van der Waals surface area contributed by atoms with E-state index in [0.29, 0.717) is 17.5 Å². The highest BCUT2D eigenvalue weighted by molar-refractivity contribution is 7.71. The molecule has 1 aliphatic rings. The summed E-state index contributed by atoms with van der Waals surface area (Å²) in [6.45, 7) is 1.82. The molecule has 1 aliphatic carbocycles. The van der Waals surface area contributed by atoms with Gasteiger partial charge in [-0.2, -0.15) is 0 Å². The fourth-order valence-corrected chi connectivity index (χ4v) is 4.28. The summed E-state index contributed by atoms with van der Waals surface area (Å²) in [5.74, 6) is -0.222. The molecular weight excluding hydrogens is 405 g/mol. The zero-order chi connectivity index (χ0) is 20.4. The van der Waals surface area contributed by atoms with Gasteiger partial charge in [-0.05, 0) is 74.1 Å². The first-order chi connectivity index (χ1) is 14.0. The van der Waals surface area contributed by atoms with E-state index in [1.807, 2.05) is 36.4 Å². The van der Waals surface area contributed by atoms with Gasteiger partial charge in [0.1, 0.15) is 5.82 Å². The third kappa shape index (κ3) is 4.63. The van der Waals surface area contributed by atoms with Crippen molar-refractivity contribution in [1.29, 1.82) is 0 Å². The maximum Gasteiger partial charge on any atom is 0.184 e. The van der Waals surface area contributed by atoms with E-state index in [1.54, 1.807) is 0 Å². The van der Waals surface area contributed by atoms with Gasteiger partial charge in [0.25, 0.3) is 0 Å². The molecule has 0 unspecified atom stereocenters. The Kier molecular flexibility index (Phi) is 6.18. The largest absolute Gasteiger partial charge is 0.322 e. The van der Waals surface area contributed by atoms with Gasteiger partial charge in [-0.1, -0.05) is 30.2 Å². The quantitative estimate of drug-likeness (QED) is 0.435. The molecule has 0 saturated heterocycles. The third-order valence-electron chi connectivity index (χ3n) is 5.80. The summed E-state index contributed by atoms with van der Waals surface area (Å²) >= 11 is 11.9. The molecule has 0 spiro atoms. The molecule has 0 atom stereocenters. The molecule has 0 bridgehead atoms. The molecule has 29 heavy (non-hydrogen) atoms. The normalized spacial score (nSPS) is 14.3. The van der Waals surface area contributed by atoms with Gasteiger partial charge in [0.15, 0.2) is 4.77 Å². The molecule has 152 valence electrons. The molecule has 0 radical (unpaired) electrons. The van der Waals surface area contributed by atoms with Crippen LogP contribution in [0.1, 0.15) is 30.5 Å². The molecule has 0 N–H and O–H groups in total. The second kappa shape index (κ2) is 8.82. The molecule has 0 aliphatic heterocycles. The number of aromatic nitrogens is 2. The number of imidazole rings is 1. The van der Waals surface area contributed by atoms with E-state index in [2.05, 4.69) is 27.3 Å². The molecule has 2 aromatic carbocycles. The second-order valence-electron chi connectivity index (χ2n) is 7.78. The zero-order valence-corrected chi connectivity index (χ0v) is 18.1. The Hall–Kier alpha value is -1.95. The van der Waals surface area contributed by atoms with E-state index < -0.39 is 0 Å². The van der Waals surface area contributed by atoms with E-state index in [4.69, 9.17) is 23.8 Å². The standard InChI is InChI=1S/C23H25ClFN3S/c1-26(20-3-2-4-20)13-14-27-16-22(15-17-5-9-19(25)10-6-17)28(23(27)29)21-11-7-18(24)8-12-21/h5-12,16,20H,2-4,13-15H2,1H3. The molecule has 3 nitrogen and oxygen atoms in total. The van der Waals surface area contributed by atoms with Crippen LogP contribution in [0.2, 0.25) is 5.02 Å². The fourth-order valence-electron chi connectivity index (χ4n) is 3.78. The van der Waals surface area contributed by atoms with Crippen LogP contribution in [0.25, 0.3) is 5.69 Å². The van der Waals surface area contributed by atoms with Gasteiger partial charge in [-0.15, -0.1) is 0 Å². The first kappa shape index (κ1) is 20.3. The summed E-state index contributed by atoms with van der Waals surface area (Å²) in [4.78, 5) is 2.44. The fraction of sp³-hybridized carbons (Fsp3) is 0.348. The van der Waals surface area contributed by atoms with Crippen molar-refractivity contribution in [2.75, 3.05) is 13.6 Å². The van der Waals surface area contributed by atoms with E-state index in [-0.39, 0.29) is 5.82 Å². The van der Waals surface area contributed by atoms with Crippen LogP contribution in [0.3, 0.4) is 0 Å². The monoisotopic (exact) mass is 429 g/mol. The van der Waals surface area contributed by atoms with Crippen LogP contribution < -0.4 is 0 Å². The minimum atomic E-state index is -0.222. The van der Waals surface area contributed by atoms with Crippen molar-refractivity contribution in [3.05, 3.63) is 81.6 Å². The Morgan fingerprint density at radius 2 is 1.79 bits per heavy atom. The van der Waals surface area contributed by atoms with Gasteiger partial charge in [0.2, 0.25) is 0 Å². The Labute approximate surface area is 181 Å². The highest BCUT2D eigenvalue weighted by Gasteiger charge is 2.21. The minimum Gasteiger partial charge on any atom is -0.322 e. The number of benzene rings is 2. The molecule has 1 heterocycles. The van der Waals surface area contributed by atoms with Crippen molar-refractivity contribution < 1.29 is 4.39 Å². The summed E-state index contributed by atoms with van der Waals surface area (Å²) in [6.07, 6.45) is 6.74. The smallest absolute Gasteiger partial charge is 0.184 e. The SMILES string of the molecule is CN(CCn1cc(Cc2ccc(F)cc2)n(-c2ccc(Cl)cc2)c1=S)C1CCC1. The van der Waals surface area contributed by atoms with E-state index in [9.17, 15) is 4.39 Å². The Morgan fingerprint density at radius 1 is 1.10 bits per heavy atom. The van der Waals surface area contributed by atoms with E-state index in [1.165, 1.54) is 31.4 Å². The van der Waals surface area contributed by atoms with E-state index in [0.717, 1.165) is 34.8 Å². The summed E-state index contributed by atoms with van der Waals surface area (Å²) in [5.41, 5.74) is 3.12. The van der Waals surface area contributed by atoms with Crippen LogP contribution in [-0.2, 0) is 13.0 Å². The third-order valence-corrected chi connectivity index (χ3v) is 6.47. The average Bonchev–Trinajstić information content (AvgIpc) is 2.96. The topological polar surface area (TPSA) is 13.1 Å². The van der Waals surface area contributed by atoms with Gasteiger partial charge in [0.05, 0.1) is 0 Å². The number of nitrogens with zero attached hydrogens (tertiary/aromatic N) is 3. The molecule has 6 heteroatoms. The van der Waals surface area contributed by atoms with Gasteiger partial charge in [-0.25, -0.2) is 4.39 Å². The molecule has 1 saturated carbocycles. The average molecular weight is 430 g/mol. The van der Waals surface area contributed by atoms with Crippen LogP contribution in [0.4, 0.5) is 4.39 Å². The molecule has 3 aromatic rings. The maximum absolute atomic E-state index is 13.3. The number of rotatable bonds is 7. The van der Waals surface area contributed by atoms with Crippen LogP contribution in [0, 0.1) is 10.6 Å². The lowest BCUT2D eigenvalue weighted by Crippen LogP contribution is -2.38. The van der Waals surface area contributed by atoms with Crippen LogP contribution >= 0.6 is 23.8 Å². The summed E-state index contributed by atoms with van der Waals surface area (Å²) in [5, 5.41) is 0.696. The molecule has 4 rings (SSSR count). The lowest BCUT2D eigenvalue weighted by molar-refractivity contribution is 0.154. The Balaban J connectivity index is 1.64. The molecule has 1 aromatic heterocycles. The number of likely N-dealkylation sites (N-methyl/N-ethyl adjacent to an activating group) is 1. The Bertz CT molecular complexity index is 1020. The van der Waals surface area contributed by atoms with Crippen molar-refractivity contribution in [3.8, 4) is 5.69 Å². The van der Waals surface area contributed by atoms with Crippen LogP contribution in [0.5, 0.6) is 0 Å². The van der Waals surface area contributed by atoms with Crippen molar-refractivity contribution in [3.63, 3.8) is 0 Å². The summed E-state index contributed by atoms with van der Waals surface area (Å²) < 4.78 is 18.3. The van der Waals surface area contributed by atoms with Crippen LogP contribution in [-0.4, -0.2) is 33.7 Å². The van der Waals surface area contributed by atoms with Crippen molar-refractivity contribution in [1.82, 2.24) is 14.0 Å². The highest BCUT2D eigenvalue weighted by atomic mass is 35.5. The number of hydrogen-bond donors (Lipinski definition) is 0. The number of halogens is 2. The lowest BCUT2D eigenvalue weighted by atomic mass is 9.92. The number of hydrogen-bond acceptors (Lipinski definition) is 2. The van der Waals surface area contributed by atoms with E-state index >= 15 is 0 Å². The van der Waals surface area contributed by atoms with Crippen molar-refractivity contribution in [2.24, 2.45) is 0 Å². The predicted molar refractivity (Wildman–Crippen MR) is 119 cm³/mol. The molecular formula is C23H25ClFN3S. The predicted octanol–water partition coefficient (Wildman–Crippen LogP) is 5.88. The zero-order valence-electron chi connectivity index (χ0n) is 16.5. The first-order valence-corrected chi connectivity index (χ1v) is 10.8. The maximum atomic E-state index is 13.3. The lowest BCUT2D eigenvalue weighted by Gasteiger charge is -2.34. The van der Waals surface area contributed by atoms with Gasteiger partial charge >= 0.3 is 0 Å². The molecule has 0 amide bonds. The van der Waals surface area contributed by atoms with Gasteiger partial charge < -0.3 is 9.47 Å². The van der Waals surface area contributed by atoms with Crippen molar-refractivity contribution in [2.45, 2.75) is 38.3 Å². The summed E-state index contributed by atoms with van der Waals surface area (Å²) in [6, 6.07) is 15.1. The van der Waals surface area contributed by atoms with Crippen LogP contribution in [0.15, 0.2) is 54.7 Å². The molecule has 1 fully saturated rings. The Morgan fingerprint density at radius 3 is 2.41 bits per heavy atom. The van der Waals surface area contributed by atoms with Gasteiger partial charge in [0, 0.05) is 48.2 Å². The first-order valence-electron chi connectivity index (χ1n) is 10.0. The summed E-state index contributed by atoms with van der Waals surface area (Å²) in [7, 11) is 2.20. The van der Waals surface area contributed by atoms with Crippen molar-refractivity contribution >= 4 is 23.8 Å². The second-order valence-corrected chi connectivity index (χ2v) is 8.58. The van der Waals surface area contributed by atoms with Gasteiger partial charge in [-0.3, -0.25) is 4.57 Å². The highest BCUT2D eigenvalue weighted by Crippen LogP contribution is 2.24.